The maximum Gasteiger partial charge on any atom is 0.392 e. The lowest BCUT2D eigenvalue weighted by Crippen LogP contribution is -2.13. The SMILES string of the molecule is C[C@H](N)c1ccc(OCCC(F)(F)F)cc1F. The Bertz CT molecular complexity index is 376. The Hall–Kier alpha value is -1.30. The molecule has 0 aliphatic carbocycles. The van der Waals surface area contributed by atoms with Gasteiger partial charge in [0.25, 0.3) is 0 Å². The van der Waals surface area contributed by atoms with Gasteiger partial charge < -0.3 is 10.5 Å². The molecule has 0 spiro atoms. The average Bonchev–Trinajstić information content (AvgIpc) is 2.15. The lowest BCUT2D eigenvalue weighted by atomic mass is 10.1. The van der Waals surface area contributed by atoms with Crippen molar-refractivity contribution in [1.29, 1.82) is 0 Å². The minimum atomic E-state index is -4.27. The molecule has 1 aromatic carbocycles. The number of benzene rings is 1. The molecule has 0 heterocycles. The third kappa shape index (κ3) is 4.60. The van der Waals surface area contributed by atoms with Crippen molar-refractivity contribution in [1.82, 2.24) is 0 Å². The van der Waals surface area contributed by atoms with E-state index in [0.717, 1.165) is 6.07 Å². The number of hydrogen-bond donors (Lipinski definition) is 1. The largest absolute Gasteiger partial charge is 0.493 e. The molecule has 17 heavy (non-hydrogen) atoms. The van der Waals surface area contributed by atoms with E-state index in [0.29, 0.717) is 5.56 Å². The lowest BCUT2D eigenvalue weighted by molar-refractivity contribution is -0.139. The highest BCUT2D eigenvalue weighted by Crippen LogP contribution is 2.23. The van der Waals surface area contributed by atoms with E-state index in [1.54, 1.807) is 6.92 Å². The second-order valence-corrected chi connectivity index (χ2v) is 3.69. The Morgan fingerprint density at radius 3 is 2.47 bits per heavy atom. The molecule has 1 rings (SSSR count). The van der Waals surface area contributed by atoms with Crippen LogP contribution in [0.3, 0.4) is 0 Å². The van der Waals surface area contributed by atoms with Crippen LogP contribution in [-0.2, 0) is 0 Å². The van der Waals surface area contributed by atoms with Gasteiger partial charge in [0.05, 0.1) is 13.0 Å². The van der Waals surface area contributed by atoms with Gasteiger partial charge in [-0.25, -0.2) is 4.39 Å². The zero-order chi connectivity index (χ0) is 13.1. The van der Waals surface area contributed by atoms with E-state index < -0.39 is 31.1 Å². The topological polar surface area (TPSA) is 35.2 Å². The molecule has 0 fully saturated rings. The average molecular weight is 251 g/mol. The molecule has 0 saturated carbocycles. The summed E-state index contributed by atoms with van der Waals surface area (Å²) in [5.41, 5.74) is 5.79. The van der Waals surface area contributed by atoms with Gasteiger partial charge >= 0.3 is 6.18 Å². The van der Waals surface area contributed by atoms with Gasteiger partial charge in [0.15, 0.2) is 0 Å². The monoisotopic (exact) mass is 251 g/mol. The van der Waals surface area contributed by atoms with E-state index in [9.17, 15) is 17.6 Å². The second kappa shape index (κ2) is 5.35. The van der Waals surface area contributed by atoms with Crippen molar-refractivity contribution in [3.8, 4) is 5.75 Å². The molecular formula is C11H13F4NO. The fraction of sp³-hybridized carbons (Fsp3) is 0.455. The van der Waals surface area contributed by atoms with Crippen molar-refractivity contribution in [2.45, 2.75) is 25.6 Å². The van der Waals surface area contributed by atoms with Gasteiger partial charge in [0.2, 0.25) is 0 Å². The zero-order valence-electron chi connectivity index (χ0n) is 9.22. The summed E-state index contributed by atoms with van der Waals surface area (Å²) < 4.78 is 53.7. The van der Waals surface area contributed by atoms with Crippen molar-refractivity contribution in [2.24, 2.45) is 5.73 Å². The summed E-state index contributed by atoms with van der Waals surface area (Å²) in [4.78, 5) is 0. The molecule has 0 saturated heterocycles. The van der Waals surface area contributed by atoms with E-state index in [4.69, 9.17) is 10.5 Å². The van der Waals surface area contributed by atoms with Crippen molar-refractivity contribution < 1.29 is 22.3 Å². The number of ether oxygens (including phenoxy) is 1. The zero-order valence-corrected chi connectivity index (χ0v) is 9.22. The standard InChI is InChI=1S/C11H13F4NO/c1-7(16)9-3-2-8(6-10(9)12)17-5-4-11(13,14)15/h2-3,6-7H,4-5,16H2,1H3/t7-/m0/s1. The highest BCUT2D eigenvalue weighted by Gasteiger charge is 2.26. The summed E-state index contributed by atoms with van der Waals surface area (Å²) in [6, 6.07) is 3.37. The smallest absolute Gasteiger partial charge is 0.392 e. The third-order valence-electron chi connectivity index (χ3n) is 2.12. The van der Waals surface area contributed by atoms with E-state index >= 15 is 0 Å². The lowest BCUT2D eigenvalue weighted by Gasteiger charge is -2.11. The Balaban J connectivity index is 2.59. The van der Waals surface area contributed by atoms with Crippen molar-refractivity contribution in [2.75, 3.05) is 6.61 Å². The first kappa shape index (κ1) is 13.8. The van der Waals surface area contributed by atoms with Crippen LogP contribution in [0.5, 0.6) is 5.75 Å². The molecule has 0 aliphatic rings. The molecule has 0 amide bonds. The van der Waals surface area contributed by atoms with Crippen molar-refractivity contribution in [3.63, 3.8) is 0 Å². The Morgan fingerprint density at radius 2 is 2.00 bits per heavy atom. The van der Waals surface area contributed by atoms with Gasteiger partial charge in [0.1, 0.15) is 11.6 Å². The molecule has 0 unspecified atom stereocenters. The van der Waals surface area contributed by atoms with Crippen LogP contribution in [0.1, 0.15) is 24.9 Å². The molecule has 6 heteroatoms. The first-order valence-electron chi connectivity index (χ1n) is 5.04. The third-order valence-corrected chi connectivity index (χ3v) is 2.12. The van der Waals surface area contributed by atoms with Crippen molar-refractivity contribution >= 4 is 0 Å². The first-order chi connectivity index (χ1) is 7.79. The fourth-order valence-corrected chi connectivity index (χ4v) is 1.25. The Morgan fingerprint density at radius 1 is 1.35 bits per heavy atom. The van der Waals surface area contributed by atoms with Gasteiger partial charge in [-0.1, -0.05) is 6.07 Å². The molecule has 96 valence electrons. The summed E-state index contributed by atoms with van der Waals surface area (Å²) in [6.07, 6.45) is -5.34. The van der Waals surface area contributed by atoms with Crippen LogP contribution in [-0.4, -0.2) is 12.8 Å². The Kier molecular flexibility index (Phi) is 4.34. The summed E-state index contributed by atoms with van der Waals surface area (Å²) in [7, 11) is 0. The molecule has 0 aliphatic heterocycles. The molecule has 2 N–H and O–H groups in total. The van der Waals surface area contributed by atoms with Gasteiger partial charge in [-0.05, 0) is 13.0 Å². The molecule has 1 aromatic rings. The van der Waals surface area contributed by atoms with Crippen LogP contribution in [0, 0.1) is 5.82 Å². The predicted molar refractivity (Wildman–Crippen MR) is 55.2 cm³/mol. The summed E-state index contributed by atoms with van der Waals surface area (Å²) in [6.45, 7) is 1.09. The quantitative estimate of drug-likeness (QED) is 0.834. The number of nitrogens with two attached hydrogens (primary N) is 1. The maximum absolute atomic E-state index is 13.4. The number of hydrogen-bond acceptors (Lipinski definition) is 2. The van der Waals surface area contributed by atoms with E-state index in [-0.39, 0.29) is 5.75 Å². The number of rotatable bonds is 4. The second-order valence-electron chi connectivity index (χ2n) is 3.69. The van der Waals surface area contributed by atoms with Crippen LogP contribution in [0.2, 0.25) is 0 Å². The van der Waals surface area contributed by atoms with Crippen molar-refractivity contribution in [3.05, 3.63) is 29.6 Å². The number of alkyl halides is 3. The molecule has 0 radical (unpaired) electrons. The molecule has 1 atom stereocenters. The van der Waals surface area contributed by atoms with E-state index in [1.165, 1.54) is 12.1 Å². The summed E-state index contributed by atoms with van der Waals surface area (Å²) in [5.74, 6) is -0.513. The minimum Gasteiger partial charge on any atom is -0.493 e. The highest BCUT2D eigenvalue weighted by molar-refractivity contribution is 5.30. The van der Waals surface area contributed by atoms with Gasteiger partial charge in [-0.2, -0.15) is 13.2 Å². The maximum atomic E-state index is 13.4. The van der Waals surface area contributed by atoms with Gasteiger partial charge in [0, 0.05) is 17.7 Å². The molecule has 0 bridgehead atoms. The van der Waals surface area contributed by atoms with E-state index in [2.05, 4.69) is 0 Å². The molecule has 0 aromatic heterocycles. The summed E-state index contributed by atoms with van der Waals surface area (Å²) >= 11 is 0. The minimum absolute atomic E-state index is 0.0659. The first-order valence-corrected chi connectivity index (χ1v) is 5.04. The fourth-order valence-electron chi connectivity index (χ4n) is 1.25. The van der Waals surface area contributed by atoms with E-state index in [1.807, 2.05) is 0 Å². The Labute approximate surface area is 96.4 Å². The molecule has 2 nitrogen and oxygen atoms in total. The van der Waals surface area contributed by atoms with Crippen LogP contribution in [0.25, 0.3) is 0 Å². The van der Waals surface area contributed by atoms with Crippen LogP contribution >= 0.6 is 0 Å². The molecular weight excluding hydrogens is 238 g/mol. The normalized spacial score (nSPS) is 13.5. The predicted octanol–water partition coefficient (Wildman–Crippen LogP) is 3.18. The highest BCUT2D eigenvalue weighted by atomic mass is 19.4. The van der Waals surface area contributed by atoms with Gasteiger partial charge in [-0.3, -0.25) is 0 Å². The van der Waals surface area contributed by atoms with Gasteiger partial charge in [-0.15, -0.1) is 0 Å². The van der Waals surface area contributed by atoms with Crippen LogP contribution in [0.4, 0.5) is 17.6 Å². The summed E-state index contributed by atoms with van der Waals surface area (Å²) in [5, 5.41) is 0. The van der Waals surface area contributed by atoms with Crippen LogP contribution in [0.15, 0.2) is 18.2 Å². The van der Waals surface area contributed by atoms with Crippen LogP contribution < -0.4 is 10.5 Å². The number of halogens is 4.